The number of nitrogens with one attached hydrogen (secondary N) is 1. The van der Waals surface area contributed by atoms with Crippen LogP contribution in [-0.2, 0) is 4.79 Å². The van der Waals surface area contributed by atoms with Gasteiger partial charge in [0.15, 0.2) is 6.04 Å². The van der Waals surface area contributed by atoms with Crippen molar-refractivity contribution in [3.05, 3.63) is 30.1 Å². The molecule has 0 radical (unpaired) electrons. The number of aromatic nitrogens is 1. The van der Waals surface area contributed by atoms with E-state index in [1.165, 1.54) is 31.5 Å². The van der Waals surface area contributed by atoms with Crippen LogP contribution in [0.3, 0.4) is 0 Å². The van der Waals surface area contributed by atoms with Gasteiger partial charge in [-0.15, -0.1) is 0 Å². The maximum Gasteiger partial charge on any atom is 0.328 e. The van der Waals surface area contributed by atoms with Crippen LogP contribution in [0.25, 0.3) is 0 Å². The Labute approximate surface area is 91.9 Å². The lowest BCUT2D eigenvalue weighted by Crippen LogP contribution is -2.47. The molecule has 0 spiro atoms. The zero-order chi connectivity index (χ0) is 12.1. The second-order valence-corrected chi connectivity index (χ2v) is 3.27. The molecule has 0 bridgehead atoms. The fraction of sp³-hybridized carbons (Fsp3) is 0.300. The molecule has 1 aromatic rings. The predicted octanol–water partition coefficient (Wildman–Crippen LogP) is -0.355. The van der Waals surface area contributed by atoms with Crippen LogP contribution in [0.15, 0.2) is 24.5 Å². The lowest BCUT2D eigenvalue weighted by atomic mass is 10.1. The molecule has 0 fully saturated rings. The number of aliphatic hydroxyl groups is 1. The SMILES string of the molecule is C[C@@H](O)[C@H](NC(=O)c1ccncc1)C(=O)O. The summed E-state index contributed by atoms with van der Waals surface area (Å²) in [6.45, 7) is 1.30. The van der Waals surface area contributed by atoms with Crippen LogP contribution in [0.4, 0.5) is 0 Å². The molecule has 1 rings (SSSR count). The van der Waals surface area contributed by atoms with Crippen molar-refractivity contribution in [2.75, 3.05) is 0 Å². The van der Waals surface area contributed by atoms with Crippen molar-refractivity contribution in [3.63, 3.8) is 0 Å². The summed E-state index contributed by atoms with van der Waals surface area (Å²) in [6, 6.07) is 1.59. The number of carboxylic acid groups (broad SMARTS) is 1. The van der Waals surface area contributed by atoms with Gasteiger partial charge in [0.2, 0.25) is 0 Å². The van der Waals surface area contributed by atoms with Crippen molar-refractivity contribution in [3.8, 4) is 0 Å². The average Bonchev–Trinajstić information content (AvgIpc) is 2.25. The third kappa shape index (κ3) is 3.03. The highest BCUT2D eigenvalue weighted by atomic mass is 16.4. The molecule has 86 valence electrons. The average molecular weight is 224 g/mol. The normalized spacial score (nSPS) is 13.9. The lowest BCUT2D eigenvalue weighted by molar-refractivity contribution is -0.141. The van der Waals surface area contributed by atoms with Gasteiger partial charge in [0, 0.05) is 18.0 Å². The topological polar surface area (TPSA) is 99.5 Å². The Morgan fingerprint density at radius 3 is 2.38 bits per heavy atom. The first kappa shape index (κ1) is 12.1. The van der Waals surface area contributed by atoms with Crippen LogP contribution in [0.1, 0.15) is 17.3 Å². The van der Waals surface area contributed by atoms with Crippen LogP contribution in [-0.4, -0.2) is 39.2 Å². The first-order valence-electron chi connectivity index (χ1n) is 4.64. The van der Waals surface area contributed by atoms with E-state index >= 15 is 0 Å². The van der Waals surface area contributed by atoms with Crippen LogP contribution in [0, 0.1) is 0 Å². The Balaban J connectivity index is 2.74. The molecule has 3 N–H and O–H groups in total. The Morgan fingerprint density at radius 1 is 1.38 bits per heavy atom. The summed E-state index contributed by atoms with van der Waals surface area (Å²) in [4.78, 5) is 26.0. The molecule has 0 aliphatic heterocycles. The van der Waals surface area contributed by atoms with Gasteiger partial charge in [-0.2, -0.15) is 0 Å². The van der Waals surface area contributed by atoms with Gasteiger partial charge in [-0.1, -0.05) is 0 Å². The van der Waals surface area contributed by atoms with E-state index in [9.17, 15) is 14.7 Å². The number of aliphatic carboxylic acids is 1. The Kier molecular flexibility index (Phi) is 3.96. The molecule has 16 heavy (non-hydrogen) atoms. The number of carbonyl (C=O) groups excluding carboxylic acids is 1. The number of amides is 1. The molecule has 0 unspecified atom stereocenters. The molecule has 0 saturated heterocycles. The standard InChI is InChI=1S/C10H12N2O4/c1-6(13)8(10(15)16)12-9(14)7-2-4-11-5-3-7/h2-6,8,13H,1H3,(H,12,14)(H,15,16)/t6-,8+/m1/s1. The van der Waals surface area contributed by atoms with E-state index in [1.54, 1.807) is 0 Å². The number of carboxylic acids is 1. The highest BCUT2D eigenvalue weighted by molar-refractivity contribution is 5.96. The first-order valence-corrected chi connectivity index (χ1v) is 4.64. The molecule has 2 atom stereocenters. The maximum absolute atomic E-state index is 11.6. The maximum atomic E-state index is 11.6. The summed E-state index contributed by atoms with van der Waals surface area (Å²) in [6.07, 6.45) is 1.68. The summed E-state index contributed by atoms with van der Waals surface area (Å²) in [5, 5.41) is 20.1. The minimum Gasteiger partial charge on any atom is -0.480 e. The van der Waals surface area contributed by atoms with E-state index in [4.69, 9.17) is 5.11 Å². The van der Waals surface area contributed by atoms with Crippen LogP contribution < -0.4 is 5.32 Å². The number of hydrogen-bond donors (Lipinski definition) is 3. The second-order valence-electron chi connectivity index (χ2n) is 3.27. The Hall–Kier alpha value is -1.95. The molecule has 6 heteroatoms. The van der Waals surface area contributed by atoms with Crippen molar-refractivity contribution in [1.29, 1.82) is 0 Å². The predicted molar refractivity (Wildman–Crippen MR) is 54.8 cm³/mol. The van der Waals surface area contributed by atoms with Gasteiger partial charge < -0.3 is 15.5 Å². The Morgan fingerprint density at radius 2 is 1.94 bits per heavy atom. The zero-order valence-electron chi connectivity index (χ0n) is 8.62. The second kappa shape index (κ2) is 5.22. The first-order chi connectivity index (χ1) is 7.52. The van der Waals surface area contributed by atoms with Crippen molar-refractivity contribution in [2.24, 2.45) is 0 Å². The lowest BCUT2D eigenvalue weighted by Gasteiger charge is -2.16. The van der Waals surface area contributed by atoms with E-state index in [2.05, 4.69) is 10.3 Å². The van der Waals surface area contributed by atoms with Crippen molar-refractivity contribution < 1.29 is 19.8 Å². The molecular weight excluding hydrogens is 212 g/mol. The molecular formula is C10H12N2O4. The van der Waals surface area contributed by atoms with Gasteiger partial charge >= 0.3 is 5.97 Å². The van der Waals surface area contributed by atoms with Crippen LogP contribution in [0.5, 0.6) is 0 Å². The molecule has 0 aliphatic carbocycles. The fourth-order valence-electron chi connectivity index (χ4n) is 1.12. The number of hydrogen-bond acceptors (Lipinski definition) is 4. The summed E-state index contributed by atoms with van der Waals surface area (Å²) >= 11 is 0. The summed E-state index contributed by atoms with van der Waals surface area (Å²) in [5.74, 6) is -1.84. The van der Waals surface area contributed by atoms with E-state index in [1.807, 2.05) is 0 Å². The van der Waals surface area contributed by atoms with Crippen molar-refractivity contribution >= 4 is 11.9 Å². The molecule has 0 aromatic carbocycles. The molecule has 0 saturated carbocycles. The van der Waals surface area contributed by atoms with Gasteiger partial charge in [-0.25, -0.2) is 4.79 Å². The van der Waals surface area contributed by atoms with Gasteiger partial charge in [-0.05, 0) is 19.1 Å². The number of nitrogens with zero attached hydrogens (tertiary/aromatic N) is 1. The van der Waals surface area contributed by atoms with Gasteiger partial charge in [0.25, 0.3) is 5.91 Å². The van der Waals surface area contributed by atoms with Crippen LogP contribution >= 0.6 is 0 Å². The van der Waals surface area contributed by atoms with Crippen molar-refractivity contribution in [1.82, 2.24) is 10.3 Å². The molecule has 1 amide bonds. The third-order valence-electron chi connectivity index (χ3n) is 1.98. The monoisotopic (exact) mass is 224 g/mol. The van der Waals surface area contributed by atoms with Crippen molar-refractivity contribution in [2.45, 2.75) is 19.1 Å². The molecule has 6 nitrogen and oxygen atoms in total. The molecule has 0 aliphatic rings. The summed E-state index contributed by atoms with van der Waals surface area (Å²) < 4.78 is 0. The van der Waals surface area contributed by atoms with E-state index < -0.39 is 24.0 Å². The van der Waals surface area contributed by atoms with Crippen LogP contribution in [0.2, 0.25) is 0 Å². The Bertz CT molecular complexity index is 378. The minimum absolute atomic E-state index is 0.293. The smallest absolute Gasteiger partial charge is 0.328 e. The summed E-state index contributed by atoms with van der Waals surface area (Å²) in [7, 11) is 0. The van der Waals surface area contributed by atoms with E-state index in [0.29, 0.717) is 5.56 Å². The van der Waals surface area contributed by atoms with E-state index in [0.717, 1.165) is 0 Å². The zero-order valence-corrected chi connectivity index (χ0v) is 8.62. The highest BCUT2D eigenvalue weighted by Crippen LogP contribution is 1.99. The van der Waals surface area contributed by atoms with Gasteiger partial charge in [-0.3, -0.25) is 9.78 Å². The third-order valence-corrected chi connectivity index (χ3v) is 1.98. The minimum atomic E-state index is -1.32. The summed E-state index contributed by atoms with van der Waals surface area (Å²) in [5.41, 5.74) is 0.293. The van der Waals surface area contributed by atoms with Gasteiger partial charge in [0.1, 0.15) is 0 Å². The van der Waals surface area contributed by atoms with E-state index in [-0.39, 0.29) is 0 Å². The quantitative estimate of drug-likeness (QED) is 0.649. The molecule has 1 heterocycles. The largest absolute Gasteiger partial charge is 0.480 e. The highest BCUT2D eigenvalue weighted by Gasteiger charge is 2.25. The fourth-order valence-corrected chi connectivity index (χ4v) is 1.12. The van der Waals surface area contributed by atoms with Gasteiger partial charge in [0.05, 0.1) is 6.10 Å². The number of carbonyl (C=O) groups is 2. The molecule has 1 aromatic heterocycles. The number of aliphatic hydroxyl groups excluding tert-OH is 1. The number of pyridine rings is 1. The number of rotatable bonds is 4.